The lowest BCUT2D eigenvalue weighted by molar-refractivity contribution is -0.154. The minimum absolute atomic E-state index is 0.0436. The molecule has 0 aliphatic rings. The minimum Gasteiger partial charge on any atom is -0.491 e. The zero-order valence-electron chi connectivity index (χ0n) is 20.1. The maximum atomic E-state index is 12.7. The van der Waals surface area contributed by atoms with Crippen molar-refractivity contribution in [1.82, 2.24) is 10.2 Å². The van der Waals surface area contributed by atoms with Crippen molar-refractivity contribution in [3.05, 3.63) is 64.7 Å². The number of nitrogens with two attached hydrogens (primary N) is 2. The summed E-state index contributed by atoms with van der Waals surface area (Å²) in [6, 6.07) is 9.00. The van der Waals surface area contributed by atoms with Crippen molar-refractivity contribution in [3.63, 3.8) is 0 Å². The van der Waals surface area contributed by atoms with Crippen LogP contribution in [0.2, 0.25) is 0 Å². The van der Waals surface area contributed by atoms with Gasteiger partial charge in [0.2, 0.25) is 5.78 Å². The van der Waals surface area contributed by atoms with Crippen molar-refractivity contribution < 1.29 is 38.7 Å². The van der Waals surface area contributed by atoms with Gasteiger partial charge in [0.25, 0.3) is 11.8 Å². The van der Waals surface area contributed by atoms with E-state index in [0.717, 1.165) is 0 Å². The van der Waals surface area contributed by atoms with Crippen LogP contribution in [-0.4, -0.2) is 72.1 Å². The second kappa shape index (κ2) is 12.8. The fraction of sp³-hybridized carbons (Fsp3) is 0.250. The number of hydrogen-bond acceptors (Lipinski definition) is 9. The van der Waals surface area contributed by atoms with E-state index in [1.165, 1.54) is 47.4 Å². The van der Waals surface area contributed by atoms with Gasteiger partial charge in [-0.05, 0) is 30.3 Å². The summed E-state index contributed by atoms with van der Waals surface area (Å²) in [4.78, 5) is 64.8. The van der Waals surface area contributed by atoms with Crippen LogP contribution in [0.3, 0.4) is 0 Å². The molecule has 0 spiro atoms. The van der Waals surface area contributed by atoms with Gasteiger partial charge < -0.3 is 30.6 Å². The maximum Gasteiger partial charge on any atom is 0.393 e. The van der Waals surface area contributed by atoms with Gasteiger partial charge in [-0.2, -0.15) is 5.90 Å². The van der Waals surface area contributed by atoms with Gasteiger partial charge in [-0.3, -0.25) is 24.6 Å². The predicted octanol–water partition coefficient (Wildman–Crippen LogP) is -0.147. The van der Waals surface area contributed by atoms with Gasteiger partial charge in [0.05, 0.1) is 12.5 Å². The van der Waals surface area contributed by atoms with Crippen molar-refractivity contribution in [1.29, 1.82) is 5.41 Å². The van der Waals surface area contributed by atoms with Crippen LogP contribution in [0.1, 0.15) is 38.3 Å². The monoisotopic (exact) mass is 513 g/mol. The molecule has 13 nitrogen and oxygen atoms in total. The molecular weight excluding hydrogens is 486 g/mol. The standard InChI is InChI=1S/C24H27N5O8/c1-29(2)23(34)14-5-3-13(4-6-14)22(33)28-17(11-20(31)32)12-36-19-10-16(21(25)26)8-7-15(19)9-18(30)24(35)37-27/h3-8,10,17H,9,11-12,27H2,1-2H3,(H3,25,26)(H,28,33)(H,31,32)/t17-/m1/s1. The Morgan fingerprint density at radius 3 is 2.16 bits per heavy atom. The molecule has 7 N–H and O–H groups in total. The molecule has 0 heterocycles. The number of nitrogens with zero attached hydrogens (tertiary/aromatic N) is 1. The molecule has 0 aromatic heterocycles. The van der Waals surface area contributed by atoms with Gasteiger partial charge in [-0.15, -0.1) is 0 Å². The Kier molecular flexibility index (Phi) is 9.83. The number of nitrogen functional groups attached to an aromatic ring is 1. The number of amidine groups is 1. The zero-order valence-corrected chi connectivity index (χ0v) is 20.1. The number of amides is 2. The summed E-state index contributed by atoms with van der Waals surface area (Å²) in [7, 11) is 3.19. The van der Waals surface area contributed by atoms with Gasteiger partial charge in [0, 0.05) is 42.8 Å². The Balaban J connectivity index is 2.21. The highest BCUT2D eigenvalue weighted by Gasteiger charge is 2.22. The number of Topliss-reactive ketones (excluding diaryl/α,β-unsaturated/α-hetero) is 1. The third kappa shape index (κ3) is 8.14. The van der Waals surface area contributed by atoms with E-state index in [4.69, 9.17) is 21.8 Å². The maximum absolute atomic E-state index is 12.7. The number of benzene rings is 2. The van der Waals surface area contributed by atoms with Crippen LogP contribution in [0.15, 0.2) is 42.5 Å². The third-order valence-electron chi connectivity index (χ3n) is 5.06. The van der Waals surface area contributed by atoms with Crippen LogP contribution in [0.25, 0.3) is 0 Å². The van der Waals surface area contributed by atoms with Crippen LogP contribution in [0.5, 0.6) is 5.75 Å². The molecule has 0 unspecified atom stereocenters. The zero-order chi connectivity index (χ0) is 27.7. The van der Waals surface area contributed by atoms with Crippen LogP contribution in [0, 0.1) is 5.41 Å². The molecule has 0 fully saturated rings. The Bertz CT molecular complexity index is 1210. The molecule has 0 aliphatic heterocycles. The molecule has 0 saturated heterocycles. The van der Waals surface area contributed by atoms with E-state index in [1.54, 1.807) is 14.1 Å². The Labute approximate surface area is 211 Å². The first kappa shape index (κ1) is 28.5. The second-order valence-corrected chi connectivity index (χ2v) is 8.10. The first-order chi connectivity index (χ1) is 17.4. The van der Waals surface area contributed by atoms with Crippen LogP contribution in [-0.2, 0) is 25.6 Å². The van der Waals surface area contributed by atoms with Crippen molar-refractivity contribution >= 4 is 35.4 Å². The lowest BCUT2D eigenvalue weighted by Crippen LogP contribution is -2.40. The van der Waals surface area contributed by atoms with Crippen molar-refractivity contribution in [3.8, 4) is 5.75 Å². The summed E-state index contributed by atoms with van der Waals surface area (Å²) < 4.78 is 5.70. The first-order valence-electron chi connectivity index (χ1n) is 10.8. The number of hydrogen-bond donors (Lipinski definition) is 5. The number of carbonyl (C=O) groups excluding carboxylic acids is 4. The van der Waals surface area contributed by atoms with Gasteiger partial charge >= 0.3 is 11.9 Å². The molecule has 0 bridgehead atoms. The SMILES string of the molecule is CN(C)C(=O)c1ccc(C(=O)N[C@@H](COc2cc(C(=N)N)ccc2CC(=O)C(=O)ON)CC(=O)O)cc1. The molecule has 2 amide bonds. The normalized spacial score (nSPS) is 11.1. The Morgan fingerprint density at radius 1 is 1.03 bits per heavy atom. The third-order valence-corrected chi connectivity index (χ3v) is 5.06. The minimum atomic E-state index is -1.27. The molecule has 1 atom stereocenters. The molecule has 37 heavy (non-hydrogen) atoms. The average Bonchev–Trinajstić information content (AvgIpc) is 2.86. The van der Waals surface area contributed by atoms with Gasteiger partial charge in [-0.1, -0.05) is 12.1 Å². The highest BCUT2D eigenvalue weighted by molar-refractivity contribution is 6.34. The summed E-state index contributed by atoms with van der Waals surface area (Å²) in [5, 5.41) is 19.5. The fourth-order valence-electron chi connectivity index (χ4n) is 3.16. The smallest absolute Gasteiger partial charge is 0.393 e. The number of ketones is 1. The van der Waals surface area contributed by atoms with E-state index in [1.807, 2.05) is 0 Å². The van der Waals surface area contributed by atoms with Gasteiger partial charge in [0.1, 0.15) is 18.2 Å². The number of nitrogens with one attached hydrogen (secondary N) is 2. The number of carboxylic acids is 1. The summed E-state index contributed by atoms with van der Waals surface area (Å²) in [6.45, 7) is -0.334. The van der Waals surface area contributed by atoms with E-state index in [0.29, 0.717) is 5.56 Å². The predicted molar refractivity (Wildman–Crippen MR) is 130 cm³/mol. The summed E-state index contributed by atoms with van der Waals surface area (Å²) in [5.74, 6) is 0.207. The average molecular weight is 514 g/mol. The largest absolute Gasteiger partial charge is 0.491 e. The number of carbonyl (C=O) groups is 5. The summed E-state index contributed by atoms with van der Waals surface area (Å²) >= 11 is 0. The first-order valence-corrected chi connectivity index (χ1v) is 10.8. The molecular formula is C24H27N5O8. The Hall–Kier alpha value is -4.78. The summed E-state index contributed by atoms with van der Waals surface area (Å²) in [5.41, 5.74) is 6.55. The van der Waals surface area contributed by atoms with E-state index < -0.39 is 42.5 Å². The molecule has 0 saturated carbocycles. The topological polar surface area (TPSA) is 215 Å². The molecule has 196 valence electrons. The number of carboxylic acid groups (broad SMARTS) is 1. The number of aliphatic carboxylic acids is 1. The fourth-order valence-corrected chi connectivity index (χ4v) is 3.16. The number of rotatable bonds is 12. The van der Waals surface area contributed by atoms with E-state index in [9.17, 15) is 29.1 Å². The van der Waals surface area contributed by atoms with E-state index in [2.05, 4.69) is 10.2 Å². The van der Waals surface area contributed by atoms with Crippen LogP contribution >= 0.6 is 0 Å². The van der Waals surface area contributed by atoms with Gasteiger partial charge in [0.15, 0.2) is 0 Å². The van der Waals surface area contributed by atoms with Crippen molar-refractivity contribution in [2.45, 2.75) is 18.9 Å². The quantitative estimate of drug-likeness (QED) is 0.109. The Morgan fingerprint density at radius 2 is 1.62 bits per heavy atom. The molecule has 0 radical (unpaired) electrons. The van der Waals surface area contributed by atoms with E-state index >= 15 is 0 Å². The summed E-state index contributed by atoms with van der Waals surface area (Å²) in [6.07, 6.45) is -0.944. The molecule has 0 aliphatic carbocycles. The van der Waals surface area contributed by atoms with Crippen molar-refractivity contribution in [2.75, 3.05) is 20.7 Å². The van der Waals surface area contributed by atoms with Crippen molar-refractivity contribution in [2.24, 2.45) is 11.6 Å². The number of ether oxygens (including phenoxy) is 1. The van der Waals surface area contributed by atoms with E-state index in [-0.39, 0.29) is 40.8 Å². The van der Waals surface area contributed by atoms with Crippen LogP contribution < -0.4 is 21.7 Å². The lowest BCUT2D eigenvalue weighted by Gasteiger charge is -2.20. The lowest BCUT2D eigenvalue weighted by atomic mass is 10.0. The molecule has 13 heteroatoms. The second-order valence-electron chi connectivity index (χ2n) is 8.10. The molecule has 2 aromatic carbocycles. The molecule has 2 aromatic rings. The van der Waals surface area contributed by atoms with Crippen LogP contribution in [0.4, 0.5) is 0 Å². The highest BCUT2D eigenvalue weighted by atomic mass is 16.7. The van der Waals surface area contributed by atoms with Gasteiger partial charge in [-0.25, -0.2) is 4.79 Å². The molecule has 2 rings (SSSR count). The highest BCUT2D eigenvalue weighted by Crippen LogP contribution is 2.22.